The lowest BCUT2D eigenvalue weighted by Gasteiger charge is -2.28. The summed E-state index contributed by atoms with van der Waals surface area (Å²) in [5.41, 5.74) is -2.10. The van der Waals surface area contributed by atoms with Crippen molar-refractivity contribution >= 4 is 17.4 Å². The molecule has 1 aliphatic rings. The van der Waals surface area contributed by atoms with Gasteiger partial charge >= 0.3 is 18.3 Å². The van der Waals surface area contributed by atoms with Crippen LogP contribution in [0.2, 0.25) is 0 Å². The fourth-order valence-electron chi connectivity index (χ4n) is 5.84. The fourth-order valence-corrected chi connectivity index (χ4v) is 5.84. The molecule has 12 heteroatoms. The predicted molar refractivity (Wildman–Crippen MR) is 159 cm³/mol. The highest BCUT2D eigenvalue weighted by Gasteiger charge is 2.40. The fraction of sp³-hybridized carbons (Fsp3) is 0.441. The van der Waals surface area contributed by atoms with Gasteiger partial charge in [-0.3, -0.25) is 14.6 Å². The summed E-state index contributed by atoms with van der Waals surface area (Å²) in [6.07, 6.45) is -5.04. The number of nitrogens with one attached hydrogen (secondary N) is 1. The first kappa shape index (κ1) is 34.9. The van der Waals surface area contributed by atoms with Gasteiger partial charge in [-0.25, -0.2) is 4.39 Å². The van der Waals surface area contributed by atoms with Crippen LogP contribution in [0.4, 0.5) is 36.4 Å². The monoisotopic (exact) mass is 652 g/mol. The number of ketones is 1. The van der Waals surface area contributed by atoms with E-state index in [4.69, 9.17) is 4.74 Å². The van der Waals surface area contributed by atoms with Gasteiger partial charge in [0.15, 0.2) is 5.78 Å². The van der Waals surface area contributed by atoms with E-state index in [-0.39, 0.29) is 23.9 Å². The van der Waals surface area contributed by atoms with E-state index in [0.29, 0.717) is 40.9 Å². The minimum Gasteiger partial charge on any atom is -0.469 e. The lowest BCUT2D eigenvalue weighted by molar-refractivity contribution is -0.144. The van der Waals surface area contributed by atoms with Crippen molar-refractivity contribution in [3.05, 3.63) is 82.4 Å². The van der Waals surface area contributed by atoms with Crippen molar-refractivity contribution in [2.45, 2.75) is 76.6 Å². The molecule has 0 unspecified atom stereocenters. The van der Waals surface area contributed by atoms with Gasteiger partial charge < -0.3 is 10.1 Å². The van der Waals surface area contributed by atoms with Crippen LogP contribution in [0.25, 0.3) is 11.1 Å². The first-order valence-corrected chi connectivity index (χ1v) is 14.8. The predicted octanol–water partition coefficient (Wildman–Crippen LogP) is 9.03. The number of carbonyl (C=O) groups is 2. The maximum absolute atomic E-state index is 14.0. The lowest BCUT2D eigenvalue weighted by Crippen LogP contribution is -2.35. The van der Waals surface area contributed by atoms with Crippen molar-refractivity contribution in [2.24, 2.45) is 5.92 Å². The van der Waals surface area contributed by atoms with E-state index in [1.807, 2.05) is 6.07 Å². The molecule has 46 heavy (non-hydrogen) atoms. The Balaban J connectivity index is 1.62. The normalized spacial score (nSPS) is 17.5. The molecule has 5 nitrogen and oxygen atoms in total. The van der Waals surface area contributed by atoms with Crippen LogP contribution in [0.3, 0.4) is 0 Å². The molecule has 0 spiro atoms. The highest BCUT2D eigenvalue weighted by molar-refractivity contribution is 5.93. The Labute approximate surface area is 262 Å². The zero-order chi connectivity index (χ0) is 34.0. The maximum Gasteiger partial charge on any atom is 0.416 e. The minimum atomic E-state index is -5.05. The summed E-state index contributed by atoms with van der Waals surface area (Å²) in [4.78, 5) is 29.8. The first-order valence-electron chi connectivity index (χ1n) is 14.8. The van der Waals surface area contributed by atoms with E-state index in [2.05, 4.69) is 10.3 Å². The molecule has 4 rings (SSSR count). The van der Waals surface area contributed by atoms with Crippen molar-refractivity contribution < 1.29 is 45.1 Å². The van der Waals surface area contributed by atoms with Crippen LogP contribution >= 0.6 is 0 Å². The van der Waals surface area contributed by atoms with E-state index >= 15 is 0 Å². The number of carbonyl (C=O) groups excluding carboxylic acids is 2. The van der Waals surface area contributed by atoms with E-state index in [9.17, 15) is 40.3 Å². The number of methoxy groups -OCH3 is 1. The Bertz CT molecular complexity index is 1560. The summed E-state index contributed by atoms with van der Waals surface area (Å²) in [5.74, 6) is -1.05. The first-order chi connectivity index (χ1) is 21.4. The summed E-state index contributed by atoms with van der Waals surface area (Å²) in [5, 5.41) is 2.98. The third-order valence-corrected chi connectivity index (χ3v) is 8.80. The molecular weight excluding hydrogens is 617 g/mol. The molecule has 0 radical (unpaired) electrons. The number of aromatic nitrogens is 1. The number of nitrogens with zero attached hydrogens (tertiary/aromatic N) is 1. The molecule has 0 atom stereocenters. The Hall–Kier alpha value is -3.96. The number of hydrogen-bond acceptors (Lipinski definition) is 5. The number of esters is 1. The second-order valence-electron chi connectivity index (χ2n) is 12.3. The molecule has 0 saturated heterocycles. The quantitative estimate of drug-likeness (QED) is 0.185. The molecular formula is C34H35F7N2O3. The summed E-state index contributed by atoms with van der Waals surface area (Å²) < 4.78 is 99.7. The average molecular weight is 653 g/mol. The molecule has 1 aliphatic carbocycles. The van der Waals surface area contributed by atoms with Crippen LogP contribution in [0, 0.1) is 18.7 Å². The summed E-state index contributed by atoms with van der Waals surface area (Å²) in [6.45, 7) is 3.84. The molecule has 1 saturated carbocycles. The van der Waals surface area contributed by atoms with Gasteiger partial charge in [0.2, 0.25) is 0 Å². The molecule has 0 aliphatic heterocycles. The largest absolute Gasteiger partial charge is 0.469 e. The number of aryl methyl sites for hydroxylation is 1. The zero-order valence-electron chi connectivity index (χ0n) is 25.8. The molecule has 3 aromatic rings. The Morgan fingerprint density at radius 2 is 1.46 bits per heavy atom. The van der Waals surface area contributed by atoms with Crippen molar-refractivity contribution in [3.8, 4) is 11.1 Å². The Morgan fingerprint density at radius 1 is 0.870 bits per heavy atom. The lowest BCUT2D eigenvalue weighted by atomic mass is 9.78. The molecule has 1 heterocycles. The smallest absolute Gasteiger partial charge is 0.416 e. The van der Waals surface area contributed by atoms with Crippen LogP contribution in [0.15, 0.2) is 48.7 Å². The minimum absolute atomic E-state index is 0.0262. The van der Waals surface area contributed by atoms with Gasteiger partial charge in [0.1, 0.15) is 5.82 Å². The van der Waals surface area contributed by atoms with E-state index in [1.54, 1.807) is 13.0 Å². The Kier molecular flexibility index (Phi) is 10.2. The van der Waals surface area contributed by atoms with Crippen LogP contribution < -0.4 is 5.32 Å². The number of Topliss-reactive ketones (excluding diaryl/α,β-unsaturated/α-hetero) is 1. The second kappa shape index (κ2) is 13.4. The van der Waals surface area contributed by atoms with Crippen LogP contribution in [0.5, 0.6) is 0 Å². The second-order valence-corrected chi connectivity index (χ2v) is 12.3. The van der Waals surface area contributed by atoms with E-state index in [1.165, 1.54) is 39.3 Å². The molecule has 1 aromatic heterocycles. The zero-order valence-corrected chi connectivity index (χ0v) is 25.8. The van der Waals surface area contributed by atoms with Crippen LogP contribution in [-0.2, 0) is 32.1 Å². The molecule has 2 aromatic carbocycles. The summed E-state index contributed by atoms with van der Waals surface area (Å²) in [7, 11) is 1.36. The molecule has 1 N–H and O–H groups in total. The highest BCUT2D eigenvalue weighted by atomic mass is 19.4. The van der Waals surface area contributed by atoms with Crippen LogP contribution in [-0.4, -0.2) is 30.4 Å². The van der Waals surface area contributed by atoms with Gasteiger partial charge in [0, 0.05) is 23.6 Å². The average Bonchev–Trinajstić information content (AvgIpc) is 2.99. The van der Waals surface area contributed by atoms with Crippen molar-refractivity contribution in [1.82, 2.24) is 4.98 Å². The number of rotatable bonds is 9. The number of alkyl halides is 6. The highest BCUT2D eigenvalue weighted by Crippen LogP contribution is 2.41. The Morgan fingerprint density at radius 3 is 2.00 bits per heavy atom. The molecule has 0 bridgehead atoms. The molecule has 0 amide bonds. The topological polar surface area (TPSA) is 68.3 Å². The number of hydrogen-bond donors (Lipinski definition) is 1. The van der Waals surface area contributed by atoms with Gasteiger partial charge in [-0.2, -0.15) is 26.3 Å². The number of anilines is 1. The third kappa shape index (κ3) is 8.06. The van der Waals surface area contributed by atoms with Crippen LogP contribution in [0.1, 0.15) is 79.8 Å². The summed E-state index contributed by atoms with van der Waals surface area (Å²) in [6, 6.07) is 7.26. The standard InChI is InChI=1S/C34H35F7N2O3/c1-19-11-25(35)9-10-26(19)27-16-28(21-7-5-20(6-8-21)12-31(45)46-4)42-17-29(27)43-18-30(44)32(2,3)22-13-23(33(36,37)38)15-24(14-22)34(39,40)41/h9-11,13-17,20-21,43H,5-8,12,18H2,1-4H3. The number of benzene rings is 2. The SMILES string of the molecule is COC(=O)CC1CCC(c2cc(-c3ccc(F)cc3C)c(NCC(=O)C(C)(C)c3cc(C(F)(F)F)cc(C(F)(F)F)c3)cn2)CC1. The van der Waals surface area contributed by atoms with Gasteiger partial charge in [0.25, 0.3) is 0 Å². The third-order valence-electron chi connectivity index (χ3n) is 8.80. The number of pyridine rings is 1. The van der Waals surface area contributed by atoms with E-state index < -0.39 is 52.6 Å². The van der Waals surface area contributed by atoms with Crippen molar-refractivity contribution in [2.75, 3.05) is 19.0 Å². The maximum atomic E-state index is 14.0. The van der Waals surface area contributed by atoms with Gasteiger partial charge in [-0.15, -0.1) is 0 Å². The van der Waals surface area contributed by atoms with Gasteiger partial charge in [-0.05, 0) is 105 Å². The van der Waals surface area contributed by atoms with Gasteiger partial charge in [0.05, 0.1) is 42.1 Å². The molecule has 1 fully saturated rings. The number of halogens is 7. The van der Waals surface area contributed by atoms with Gasteiger partial charge in [-0.1, -0.05) is 6.07 Å². The summed E-state index contributed by atoms with van der Waals surface area (Å²) >= 11 is 0. The van der Waals surface area contributed by atoms with Crippen molar-refractivity contribution in [1.29, 1.82) is 0 Å². The number of ether oxygens (including phenoxy) is 1. The van der Waals surface area contributed by atoms with Crippen molar-refractivity contribution in [3.63, 3.8) is 0 Å². The van der Waals surface area contributed by atoms with E-state index in [0.717, 1.165) is 31.4 Å². The molecule has 248 valence electrons.